The molecule has 3 rings (SSSR count). The molecule has 0 spiro atoms. The van der Waals surface area contributed by atoms with E-state index in [1.165, 1.54) is 16.6 Å². The number of ketones is 1. The SMILES string of the molecule is Cc1cc(SCC(=O)c2cc(C)n(CCc3cccs3)c2C)nc(C)n1. The average molecular weight is 386 g/mol. The van der Waals surface area contributed by atoms with E-state index in [0.717, 1.165) is 46.5 Å². The van der Waals surface area contributed by atoms with Crippen LogP contribution in [-0.4, -0.2) is 26.1 Å². The van der Waals surface area contributed by atoms with Gasteiger partial charge >= 0.3 is 0 Å². The van der Waals surface area contributed by atoms with Crippen LogP contribution < -0.4 is 0 Å². The molecule has 0 aliphatic rings. The van der Waals surface area contributed by atoms with Crippen molar-refractivity contribution < 1.29 is 4.79 Å². The minimum absolute atomic E-state index is 0.152. The van der Waals surface area contributed by atoms with Crippen LogP contribution in [0.1, 0.15) is 38.1 Å². The second-order valence-electron chi connectivity index (χ2n) is 6.37. The van der Waals surface area contributed by atoms with Crippen LogP contribution in [0.2, 0.25) is 0 Å². The fraction of sp³-hybridized carbons (Fsp3) is 0.350. The average Bonchev–Trinajstić information content (AvgIpc) is 3.19. The predicted octanol–water partition coefficient (Wildman–Crippen LogP) is 4.79. The molecule has 3 aromatic rings. The van der Waals surface area contributed by atoms with E-state index in [1.807, 2.05) is 32.9 Å². The van der Waals surface area contributed by atoms with Crippen LogP contribution in [0.25, 0.3) is 0 Å². The molecule has 0 radical (unpaired) electrons. The molecule has 0 fully saturated rings. The first kappa shape index (κ1) is 18.9. The number of thiophene rings is 1. The molecule has 0 atom stereocenters. The van der Waals surface area contributed by atoms with Gasteiger partial charge in [-0.2, -0.15) is 0 Å². The highest BCUT2D eigenvalue weighted by Gasteiger charge is 2.16. The minimum atomic E-state index is 0.152. The van der Waals surface area contributed by atoms with Gasteiger partial charge in [0.15, 0.2) is 5.78 Å². The Morgan fingerprint density at radius 2 is 2.00 bits per heavy atom. The van der Waals surface area contributed by atoms with E-state index in [0.29, 0.717) is 5.75 Å². The lowest BCUT2D eigenvalue weighted by molar-refractivity contribution is 0.102. The quantitative estimate of drug-likeness (QED) is 0.333. The molecule has 0 unspecified atom stereocenters. The minimum Gasteiger partial charge on any atom is -0.348 e. The lowest BCUT2D eigenvalue weighted by Gasteiger charge is -2.09. The Hall–Kier alpha value is -1.92. The molecular formula is C20H23N3OS2. The standard InChI is InChI=1S/C20H23N3OS2/c1-13-10-20(22-16(4)21-13)26-12-19(24)18-11-14(2)23(15(18)3)8-7-17-6-5-9-25-17/h5-6,9-11H,7-8,12H2,1-4H3. The summed E-state index contributed by atoms with van der Waals surface area (Å²) >= 11 is 3.26. The van der Waals surface area contributed by atoms with Gasteiger partial charge in [-0.05, 0) is 57.7 Å². The summed E-state index contributed by atoms with van der Waals surface area (Å²) in [5.41, 5.74) is 3.95. The number of nitrogens with zero attached hydrogens (tertiary/aromatic N) is 3. The summed E-state index contributed by atoms with van der Waals surface area (Å²) in [7, 11) is 0. The number of hydrogen-bond donors (Lipinski definition) is 0. The van der Waals surface area contributed by atoms with Crippen molar-refractivity contribution in [1.82, 2.24) is 14.5 Å². The van der Waals surface area contributed by atoms with Crippen molar-refractivity contribution in [3.05, 3.63) is 63.0 Å². The van der Waals surface area contributed by atoms with E-state index in [1.54, 1.807) is 11.3 Å². The Morgan fingerprint density at radius 1 is 1.19 bits per heavy atom. The Morgan fingerprint density at radius 3 is 2.69 bits per heavy atom. The second-order valence-corrected chi connectivity index (χ2v) is 8.40. The van der Waals surface area contributed by atoms with Gasteiger partial charge in [0.2, 0.25) is 0 Å². The molecule has 0 N–H and O–H groups in total. The van der Waals surface area contributed by atoms with Crippen molar-refractivity contribution in [2.45, 2.75) is 45.7 Å². The zero-order valence-corrected chi connectivity index (χ0v) is 17.2. The molecule has 4 nitrogen and oxygen atoms in total. The van der Waals surface area contributed by atoms with Gasteiger partial charge in [-0.3, -0.25) is 4.79 Å². The maximum absolute atomic E-state index is 12.7. The van der Waals surface area contributed by atoms with E-state index in [4.69, 9.17) is 0 Å². The van der Waals surface area contributed by atoms with Crippen molar-refractivity contribution in [1.29, 1.82) is 0 Å². The largest absolute Gasteiger partial charge is 0.348 e. The normalized spacial score (nSPS) is 11.1. The number of aryl methyl sites for hydroxylation is 4. The van der Waals surface area contributed by atoms with Gasteiger partial charge in [0, 0.05) is 34.1 Å². The molecule has 26 heavy (non-hydrogen) atoms. The summed E-state index contributed by atoms with van der Waals surface area (Å²) in [4.78, 5) is 22.8. The maximum atomic E-state index is 12.7. The molecule has 0 aliphatic carbocycles. The first-order valence-corrected chi connectivity index (χ1v) is 10.5. The van der Waals surface area contributed by atoms with E-state index in [9.17, 15) is 4.79 Å². The van der Waals surface area contributed by atoms with E-state index < -0.39 is 0 Å². The van der Waals surface area contributed by atoms with Gasteiger partial charge in [-0.25, -0.2) is 9.97 Å². The summed E-state index contributed by atoms with van der Waals surface area (Å²) in [5.74, 6) is 1.29. The zero-order chi connectivity index (χ0) is 18.7. The molecule has 3 aromatic heterocycles. The van der Waals surface area contributed by atoms with Crippen LogP contribution >= 0.6 is 23.1 Å². The molecule has 0 bridgehead atoms. The number of aromatic nitrogens is 3. The van der Waals surface area contributed by atoms with E-state index in [-0.39, 0.29) is 5.78 Å². The highest BCUT2D eigenvalue weighted by Crippen LogP contribution is 2.22. The molecule has 136 valence electrons. The maximum Gasteiger partial charge on any atom is 0.174 e. The van der Waals surface area contributed by atoms with E-state index >= 15 is 0 Å². The van der Waals surface area contributed by atoms with Crippen LogP contribution in [0.3, 0.4) is 0 Å². The highest BCUT2D eigenvalue weighted by atomic mass is 32.2. The number of Topliss-reactive ketones (excluding diaryl/α,β-unsaturated/α-hetero) is 1. The lowest BCUT2D eigenvalue weighted by atomic mass is 10.2. The van der Waals surface area contributed by atoms with Crippen LogP contribution in [0, 0.1) is 27.7 Å². The van der Waals surface area contributed by atoms with Crippen molar-refractivity contribution in [2.75, 3.05) is 5.75 Å². The Labute approximate surface area is 162 Å². The van der Waals surface area contributed by atoms with Crippen molar-refractivity contribution >= 4 is 28.9 Å². The molecule has 3 heterocycles. The number of thioether (sulfide) groups is 1. The fourth-order valence-corrected chi connectivity index (χ4v) is 4.66. The van der Waals surface area contributed by atoms with Gasteiger partial charge in [-0.1, -0.05) is 17.8 Å². The smallest absolute Gasteiger partial charge is 0.174 e. The summed E-state index contributed by atoms with van der Waals surface area (Å²) in [5, 5.41) is 2.96. The van der Waals surface area contributed by atoms with Crippen molar-refractivity contribution in [3.8, 4) is 0 Å². The predicted molar refractivity (Wildman–Crippen MR) is 108 cm³/mol. The first-order chi connectivity index (χ1) is 12.4. The third-order valence-corrected chi connectivity index (χ3v) is 6.18. The topological polar surface area (TPSA) is 47.8 Å². The Bertz CT molecular complexity index is 893. The molecule has 0 aliphatic heterocycles. The van der Waals surface area contributed by atoms with Gasteiger partial charge < -0.3 is 4.57 Å². The molecule has 0 saturated carbocycles. The summed E-state index contributed by atoms with van der Waals surface area (Å²) < 4.78 is 2.25. The summed E-state index contributed by atoms with van der Waals surface area (Å²) in [6, 6.07) is 8.18. The van der Waals surface area contributed by atoms with Crippen molar-refractivity contribution in [2.24, 2.45) is 0 Å². The van der Waals surface area contributed by atoms with Crippen LogP contribution in [0.4, 0.5) is 0 Å². The lowest BCUT2D eigenvalue weighted by Crippen LogP contribution is -2.08. The second kappa shape index (κ2) is 8.18. The Balaban J connectivity index is 1.68. The van der Waals surface area contributed by atoms with Crippen LogP contribution in [0.5, 0.6) is 0 Å². The molecule has 6 heteroatoms. The zero-order valence-electron chi connectivity index (χ0n) is 15.6. The monoisotopic (exact) mass is 385 g/mol. The van der Waals surface area contributed by atoms with Crippen LogP contribution in [0.15, 0.2) is 34.7 Å². The third-order valence-electron chi connectivity index (χ3n) is 4.33. The van der Waals surface area contributed by atoms with E-state index in [2.05, 4.69) is 39.0 Å². The van der Waals surface area contributed by atoms with Gasteiger partial charge in [-0.15, -0.1) is 11.3 Å². The molecule has 0 aromatic carbocycles. The van der Waals surface area contributed by atoms with Gasteiger partial charge in [0.05, 0.1) is 5.75 Å². The van der Waals surface area contributed by atoms with Gasteiger partial charge in [0.25, 0.3) is 0 Å². The Kier molecular flexibility index (Phi) is 5.94. The fourth-order valence-electron chi connectivity index (χ4n) is 3.08. The third kappa shape index (κ3) is 4.43. The van der Waals surface area contributed by atoms with Crippen molar-refractivity contribution in [3.63, 3.8) is 0 Å². The molecule has 0 amide bonds. The highest BCUT2D eigenvalue weighted by molar-refractivity contribution is 7.99. The summed E-state index contributed by atoms with van der Waals surface area (Å²) in [6.07, 6.45) is 0.996. The number of rotatable bonds is 7. The molecular weight excluding hydrogens is 362 g/mol. The summed E-state index contributed by atoms with van der Waals surface area (Å²) in [6.45, 7) is 8.84. The number of carbonyl (C=O) groups is 1. The first-order valence-electron chi connectivity index (χ1n) is 8.61. The number of carbonyl (C=O) groups excluding carboxylic acids is 1. The number of hydrogen-bond acceptors (Lipinski definition) is 5. The molecule has 0 saturated heterocycles. The van der Waals surface area contributed by atoms with Gasteiger partial charge in [0.1, 0.15) is 10.9 Å². The van der Waals surface area contributed by atoms with Crippen LogP contribution in [-0.2, 0) is 13.0 Å².